The van der Waals surface area contributed by atoms with E-state index in [9.17, 15) is 4.79 Å². The van der Waals surface area contributed by atoms with Gasteiger partial charge in [0.2, 0.25) is 0 Å². The van der Waals surface area contributed by atoms with Crippen molar-refractivity contribution in [3.05, 3.63) is 60.4 Å². The summed E-state index contributed by atoms with van der Waals surface area (Å²) in [7, 11) is 0. The lowest BCUT2D eigenvalue weighted by molar-refractivity contribution is 0.238. The number of nitrogens with zero attached hydrogens (tertiary/aromatic N) is 3. The number of ether oxygens (including phenoxy) is 1. The molecule has 1 heterocycles. The molecule has 114 valence electrons. The first-order valence-corrected chi connectivity index (χ1v) is 7.12. The van der Waals surface area contributed by atoms with Gasteiger partial charge in [-0.25, -0.2) is 9.78 Å². The number of hydrogen-bond donors (Lipinski definition) is 1. The van der Waals surface area contributed by atoms with Crippen LogP contribution in [-0.2, 0) is 0 Å². The van der Waals surface area contributed by atoms with Gasteiger partial charge in [-0.2, -0.15) is 5.26 Å². The zero-order valence-electron chi connectivity index (χ0n) is 12.3. The van der Waals surface area contributed by atoms with Gasteiger partial charge in [-0.1, -0.05) is 24.3 Å². The summed E-state index contributed by atoms with van der Waals surface area (Å²) in [5.41, 5.74) is 1.57. The highest BCUT2D eigenvalue weighted by atomic mass is 16.5. The Labute approximate surface area is 132 Å². The van der Waals surface area contributed by atoms with Crippen molar-refractivity contribution in [2.45, 2.75) is 0 Å². The monoisotopic (exact) mass is 306 g/mol. The van der Waals surface area contributed by atoms with Crippen molar-refractivity contribution in [2.75, 3.05) is 13.2 Å². The van der Waals surface area contributed by atoms with Gasteiger partial charge in [0, 0.05) is 0 Å². The van der Waals surface area contributed by atoms with Crippen LogP contribution in [0.5, 0.6) is 5.75 Å². The van der Waals surface area contributed by atoms with Gasteiger partial charge in [-0.15, -0.1) is 0 Å². The molecule has 0 unspecified atom stereocenters. The van der Waals surface area contributed by atoms with E-state index in [2.05, 4.69) is 16.4 Å². The average molecular weight is 306 g/mol. The molecule has 0 saturated heterocycles. The Morgan fingerprint density at radius 2 is 2.04 bits per heavy atom. The molecule has 6 heteroatoms. The van der Waals surface area contributed by atoms with E-state index in [0.29, 0.717) is 29.7 Å². The van der Waals surface area contributed by atoms with E-state index in [1.807, 2.05) is 30.3 Å². The first kappa shape index (κ1) is 14.6. The average Bonchev–Trinajstić information content (AvgIpc) is 3.03. The van der Waals surface area contributed by atoms with Gasteiger partial charge in [0.25, 0.3) is 0 Å². The molecule has 2 aromatic carbocycles. The third-order valence-electron chi connectivity index (χ3n) is 3.31. The van der Waals surface area contributed by atoms with Crippen molar-refractivity contribution in [1.29, 1.82) is 5.26 Å². The minimum absolute atomic E-state index is 0.306. The second-order valence-corrected chi connectivity index (χ2v) is 4.79. The van der Waals surface area contributed by atoms with Crippen molar-refractivity contribution >= 4 is 17.1 Å². The summed E-state index contributed by atoms with van der Waals surface area (Å²) in [5.74, 6) is 0.758. The number of imidazole rings is 1. The lowest BCUT2D eigenvalue weighted by atomic mass is 10.2. The molecule has 1 amide bonds. The second-order valence-electron chi connectivity index (χ2n) is 4.79. The fraction of sp³-hybridized carbons (Fsp3) is 0.118. The smallest absolute Gasteiger partial charge is 0.327 e. The number of rotatable bonds is 4. The normalized spacial score (nSPS) is 10.2. The van der Waals surface area contributed by atoms with Gasteiger partial charge >= 0.3 is 6.03 Å². The molecule has 0 atom stereocenters. The van der Waals surface area contributed by atoms with Crippen LogP contribution in [0.1, 0.15) is 5.56 Å². The third-order valence-corrected chi connectivity index (χ3v) is 3.31. The highest BCUT2D eigenvalue weighted by Gasteiger charge is 2.11. The highest BCUT2D eigenvalue weighted by Crippen LogP contribution is 2.16. The van der Waals surface area contributed by atoms with E-state index < -0.39 is 0 Å². The van der Waals surface area contributed by atoms with Gasteiger partial charge in [-0.3, -0.25) is 4.57 Å². The fourth-order valence-corrected chi connectivity index (χ4v) is 2.22. The molecule has 0 spiro atoms. The zero-order chi connectivity index (χ0) is 16.1. The molecule has 1 aromatic heterocycles. The maximum absolute atomic E-state index is 12.2. The molecule has 0 aliphatic rings. The molecule has 1 N–H and O–H groups in total. The molecule has 6 nitrogen and oxygen atoms in total. The number of carbonyl (C=O) groups excluding carboxylic acids is 1. The Morgan fingerprint density at radius 1 is 1.22 bits per heavy atom. The third kappa shape index (κ3) is 3.14. The molecule has 0 saturated carbocycles. The van der Waals surface area contributed by atoms with Crippen LogP contribution in [0.2, 0.25) is 0 Å². The lowest BCUT2D eigenvalue weighted by Gasteiger charge is -2.08. The van der Waals surface area contributed by atoms with E-state index in [1.165, 1.54) is 10.9 Å². The number of para-hydroxylation sites is 2. The number of benzene rings is 2. The van der Waals surface area contributed by atoms with Crippen LogP contribution in [0.15, 0.2) is 54.9 Å². The topological polar surface area (TPSA) is 79.9 Å². The first-order valence-electron chi connectivity index (χ1n) is 7.12. The molecule has 0 radical (unpaired) electrons. The standard InChI is InChI=1S/C17H14N4O2/c18-11-13-5-4-8-15-16(13)20-12-21(15)17(22)19-9-10-23-14-6-2-1-3-7-14/h1-8,12H,9-10H2,(H,19,22). The number of nitriles is 1. The molecule has 3 rings (SSSR count). The van der Waals surface area contributed by atoms with E-state index in [1.54, 1.807) is 18.2 Å². The van der Waals surface area contributed by atoms with E-state index in [4.69, 9.17) is 10.00 Å². The maximum Gasteiger partial charge on any atom is 0.327 e. The van der Waals surface area contributed by atoms with Crippen LogP contribution in [0, 0.1) is 11.3 Å². The summed E-state index contributed by atoms with van der Waals surface area (Å²) < 4.78 is 6.90. The largest absolute Gasteiger partial charge is 0.492 e. The van der Waals surface area contributed by atoms with E-state index >= 15 is 0 Å². The molecule has 3 aromatic rings. The van der Waals surface area contributed by atoms with Crippen molar-refractivity contribution in [3.8, 4) is 11.8 Å². The fourth-order valence-electron chi connectivity index (χ4n) is 2.22. The highest BCUT2D eigenvalue weighted by molar-refractivity contribution is 5.91. The van der Waals surface area contributed by atoms with Gasteiger partial charge in [0.15, 0.2) is 0 Å². The zero-order valence-corrected chi connectivity index (χ0v) is 12.3. The number of carbonyl (C=O) groups is 1. The predicted molar refractivity (Wildman–Crippen MR) is 85.2 cm³/mol. The van der Waals surface area contributed by atoms with Crippen molar-refractivity contribution in [2.24, 2.45) is 0 Å². The van der Waals surface area contributed by atoms with Gasteiger partial charge in [0.1, 0.15) is 30.3 Å². The summed E-state index contributed by atoms with van der Waals surface area (Å²) in [6.45, 7) is 0.733. The van der Waals surface area contributed by atoms with E-state index in [-0.39, 0.29) is 6.03 Å². The Morgan fingerprint density at radius 3 is 2.83 bits per heavy atom. The molecule has 23 heavy (non-hydrogen) atoms. The molecule has 0 aliphatic heterocycles. The van der Waals surface area contributed by atoms with Crippen LogP contribution >= 0.6 is 0 Å². The van der Waals surface area contributed by atoms with Crippen LogP contribution in [0.4, 0.5) is 4.79 Å². The van der Waals surface area contributed by atoms with Gasteiger partial charge < -0.3 is 10.1 Å². The SMILES string of the molecule is N#Cc1cccc2c1ncn2C(=O)NCCOc1ccccc1. The lowest BCUT2D eigenvalue weighted by Crippen LogP contribution is -2.31. The minimum Gasteiger partial charge on any atom is -0.492 e. The minimum atomic E-state index is -0.306. The molecular formula is C17H14N4O2. The number of fused-ring (bicyclic) bond motifs is 1. The summed E-state index contributed by atoms with van der Waals surface area (Å²) >= 11 is 0. The van der Waals surface area contributed by atoms with Crippen LogP contribution < -0.4 is 10.1 Å². The number of amides is 1. The Hall–Kier alpha value is -3.33. The number of hydrogen-bond acceptors (Lipinski definition) is 4. The number of nitrogens with one attached hydrogen (secondary N) is 1. The number of aromatic nitrogens is 2. The van der Waals surface area contributed by atoms with Crippen molar-refractivity contribution < 1.29 is 9.53 Å². The summed E-state index contributed by atoms with van der Waals surface area (Å²) in [6.07, 6.45) is 1.42. The molecule has 0 bridgehead atoms. The van der Waals surface area contributed by atoms with Gasteiger partial charge in [-0.05, 0) is 24.3 Å². The van der Waals surface area contributed by atoms with Crippen LogP contribution in [0.3, 0.4) is 0 Å². The summed E-state index contributed by atoms with van der Waals surface area (Å²) in [6, 6.07) is 16.3. The van der Waals surface area contributed by atoms with Crippen LogP contribution in [0.25, 0.3) is 11.0 Å². The Balaban J connectivity index is 1.62. The quantitative estimate of drug-likeness (QED) is 0.751. The molecular weight excluding hydrogens is 292 g/mol. The molecule has 0 fully saturated rings. The van der Waals surface area contributed by atoms with Gasteiger partial charge in [0.05, 0.1) is 17.6 Å². The predicted octanol–water partition coefficient (Wildman–Crippen LogP) is 2.54. The Kier molecular flexibility index (Phi) is 4.20. The molecule has 0 aliphatic carbocycles. The van der Waals surface area contributed by atoms with E-state index in [0.717, 1.165) is 5.75 Å². The van der Waals surface area contributed by atoms with Crippen LogP contribution in [-0.4, -0.2) is 28.7 Å². The Bertz CT molecular complexity index is 865. The second kappa shape index (κ2) is 6.62. The van der Waals surface area contributed by atoms with Crippen molar-refractivity contribution in [1.82, 2.24) is 14.9 Å². The maximum atomic E-state index is 12.2. The van der Waals surface area contributed by atoms with Crippen molar-refractivity contribution in [3.63, 3.8) is 0 Å². The first-order chi connectivity index (χ1) is 11.3. The summed E-state index contributed by atoms with van der Waals surface area (Å²) in [4.78, 5) is 16.3. The summed E-state index contributed by atoms with van der Waals surface area (Å²) in [5, 5.41) is 11.8.